The molecular weight excluding hydrogens is 348 g/mol. The van der Waals surface area contributed by atoms with E-state index in [4.69, 9.17) is 0 Å². The van der Waals surface area contributed by atoms with Gasteiger partial charge in [0.15, 0.2) is 0 Å². The van der Waals surface area contributed by atoms with Gasteiger partial charge in [-0.1, -0.05) is 98.4 Å². The molecule has 0 radical (unpaired) electrons. The maximum absolute atomic E-state index is 2.57. The zero-order valence-electron chi connectivity index (χ0n) is 17.5. The van der Waals surface area contributed by atoms with Crippen LogP contribution in [0.2, 0.25) is 0 Å². The Balaban J connectivity index is 1.42. The van der Waals surface area contributed by atoms with E-state index in [0.29, 0.717) is 23.2 Å². The molecule has 146 valence electrons. The van der Waals surface area contributed by atoms with Crippen LogP contribution in [-0.2, 0) is 0 Å². The fraction of sp³-hybridized carbons (Fsp3) is 0.379. The van der Waals surface area contributed by atoms with Crippen LogP contribution in [0.5, 0.6) is 0 Å². The lowest BCUT2D eigenvalue weighted by molar-refractivity contribution is 0.157. The lowest BCUT2D eigenvalue weighted by Gasteiger charge is -2.40. The van der Waals surface area contributed by atoms with Crippen LogP contribution in [0.4, 0.5) is 0 Å². The van der Waals surface area contributed by atoms with E-state index in [1.807, 2.05) is 0 Å². The van der Waals surface area contributed by atoms with Gasteiger partial charge in [-0.15, -0.1) is 0 Å². The highest BCUT2D eigenvalue weighted by Gasteiger charge is 2.52. The molecule has 5 aliphatic rings. The Morgan fingerprint density at radius 1 is 0.897 bits per heavy atom. The van der Waals surface area contributed by atoms with Crippen LogP contribution in [-0.4, -0.2) is 0 Å². The highest BCUT2D eigenvalue weighted by Crippen LogP contribution is 2.61. The Morgan fingerprint density at radius 2 is 1.72 bits per heavy atom. The molecule has 0 spiro atoms. The molecule has 29 heavy (non-hydrogen) atoms. The summed E-state index contributed by atoms with van der Waals surface area (Å²) >= 11 is 0. The summed E-state index contributed by atoms with van der Waals surface area (Å²) in [6, 6.07) is 9.03. The van der Waals surface area contributed by atoms with Gasteiger partial charge in [0.1, 0.15) is 0 Å². The van der Waals surface area contributed by atoms with Crippen LogP contribution in [0.1, 0.15) is 50.2 Å². The molecule has 0 heterocycles. The molecule has 1 saturated carbocycles. The van der Waals surface area contributed by atoms with Gasteiger partial charge in [0.05, 0.1) is 0 Å². The highest BCUT2D eigenvalue weighted by atomic mass is 14.6. The van der Waals surface area contributed by atoms with E-state index < -0.39 is 0 Å². The third-order valence-corrected chi connectivity index (χ3v) is 8.50. The number of benzene rings is 1. The highest BCUT2D eigenvalue weighted by molar-refractivity contribution is 5.71. The second kappa shape index (κ2) is 6.33. The Kier molecular flexibility index (Phi) is 3.82. The molecule has 6 rings (SSSR count). The van der Waals surface area contributed by atoms with Crippen molar-refractivity contribution in [1.29, 1.82) is 0 Å². The van der Waals surface area contributed by atoms with Crippen molar-refractivity contribution in [2.45, 2.75) is 39.0 Å². The quantitative estimate of drug-likeness (QED) is 0.446. The Labute approximate surface area is 175 Å². The van der Waals surface area contributed by atoms with Gasteiger partial charge in [-0.25, -0.2) is 0 Å². The Hall–Kier alpha value is -2.34. The molecule has 5 aliphatic carbocycles. The minimum atomic E-state index is 0.373. The summed E-state index contributed by atoms with van der Waals surface area (Å²) in [6.07, 6.45) is 25.3. The fourth-order valence-electron chi connectivity index (χ4n) is 6.96. The van der Waals surface area contributed by atoms with Gasteiger partial charge < -0.3 is 0 Å². The second-order valence-corrected chi connectivity index (χ2v) is 10.1. The smallest absolute Gasteiger partial charge is 0.0133 e. The van der Waals surface area contributed by atoms with Crippen molar-refractivity contribution in [2.75, 3.05) is 0 Å². The zero-order valence-corrected chi connectivity index (χ0v) is 17.5. The molecule has 0 nitrogen and oxygen atoms in total. The van der Waals surface area contributed by atoms with Crippen LogP contribution in [0.25, 0.3) is 6.08 Å². The lowest BCUT2D eigenvalue weighted by Crippen LogP contribution is -2.31. The first-order chi connectivity index (χ1) is 14.1. The number of allylic oxidation sites excluding steroid dienone is 11. The van der Waals surface area contributed by atoms with Crippen molar-refractivity contribution in [1.82, 2.24) is 0 Å². The molecule has 0 N–H and O–H groups in total. The number of hydrogen-bond donors (Lipinski definition) is 0. The van der Waals surface area contributed by atoms with E-state index >= 15 is 0 Å². The number of hydrogen-bond acceptors (Lipinski definition) is 0. The summed E-state index contributed by atoms with van der Waals surface area (Å²) in [7, 11) is 0. The average Bonchev–Trinajstić information content (AvgIpc) is 3.00. The van der Waals surface area contributed by atoms with Gasteiger partial charge in [0.25, 0.3) is 0 Å². The Bertz CT molecular complexity index is 1040. The van der Waals surface area contributed by atoms with E-state index in [0.717, 1.165) is 18.3 Å². The van der Waals surface area contributed by atoms with Gasteiger partial charge in [0, 0.05) is 17.8 Å². The topological polar surface area (TPSA) is 0 Å². The summed E-state index contributed by atoms with van der Waals surface area (Å²) in [5.41, 5.74) is 8.14. The molecule has 1 aromatic rings. The van der Waals surface area contributed by atoms with Crippen molar-refractivity contribution in [3.8, 4) is 0 Å². The van der Waals surface area contributed by atoms with Gasteiger partial charge >= 0.3 is 0 Å². The van der Waals surface area contributed by atoms with Crippen molar-refractivity contribution in [2.24, 2.45) is 29.1 Å². The summed E-state index contributed by atoms with van der Waals surface area (Å²) in [5.74, 6) is 3.18. The van der Waals surface area contributed by atoms with Crippen LogP contribution in [0, 0.1) is 29.1 Å². The maximum atomic E-state index is 2.57. The molecule has 5 atom stereocenters. The zero-order chi connectivity index (χ0) is 19.6. The van der Waals surface area contributed by atoms with Crippen molar-refractivity contribution < 1.29 is 0 Å². The van der Waals surface area contributed by atoms with Crippen molar-refractivity contribution in [3.05, 3.63) is 101 Å². The van der Waals surface area contributed by atoms with E-state index in [-0.39, 0.29) is 0 Å². The van der Waals surface area contributed by atoms with E-state index in [1.54, 1.807) is 16.7 Å². The first kappa shape index (κ1) is 17.5. The van der Waals surface area contributed by atoms with Gasteiger partial charge in [-0.2, -0.15) is 0 Å². The third-order valence-electron chi connectivity index (χ3n) is 8.50. The first-order valence-corrected chi connectivity index (χ1v) is 11.4. The van der Waals surface area contributed by atoms with Crippen LogP contribution >= 0.6 is 0 Å². The SMILES string of the molecule is CC1(C)C2CC=CC=C2C2C=CC(C3=Cc4ccccc4C4CC=CC=C34)CC21. The molecule has 0 heteroatoms. The molecule has 1 fully saturated rings. The number of rotatable bonds is 1. The van der Waals surface area contributed by atoms with Gasteiger partial charge in [0.2, 0.25) is 0 Å². The fourth-order valence-corrected chi connectivity index (χ4v) is 6.96. The molecule has 0 saturated heterocycles. The largest absolute Gasteiger partial charge is 0.0839 e. The van der Waals surface area contributed by atoms with Crippen LogP contribution in [0.3, 0.4) is 0 Å². The predicted octanol–water partition coefficient (Wildman–Crippen LogP) is 7.40. The number of fused-ring (bicyclic) bond motifs is 6. The molecule has 0 aromatic heterocycles. The molecule has 0 bridgehead atoms. The molecule has 0 amide bonds. The predicted molar refractivity (Wildman–Crippen MR) is 122 cm³/mol. The molecule has 1 aromatic carbocycles. The van der Waals surface area contributed by atoms with Crippen LogP contribution < -0.4 is 0 Å². The van der Waals surface area contributed by atoms with Gasteiger partial charge in [-0.3, -0.25) is 0 Å². The van der Waals surface area contributed by atoms with Crippen LogP contribution in [0.15, 0.2) is 89.6 Å². The average molecular weight is 379 g/mol. The summed E-state index contributed by atoms with van der Waals surface area (Å²) in [6.45, 7) is 5.06. The molecular formula is C29H30. The van der Waals surface area contributed by atoms with E-state index in [2.05, 4.69) is 92.8 Å². The van der Waals surface area contributed by atoms with E-state index in [1.165, 1.54) is 24.0 Å². The molecule has 5 unspecified atom stereocenters. The lowest BCUT2D eigenvalue weighted by atomic mass is 9.64. The summed E-state index contributed by atoms with van der Waals surface area (Å²) in [5, 5.41) is 0. The van der Waals surface area contributed by atoms with Gasteiger partial charge in [-0.05, 0) is 58.8 Å². The second-order valence-electron chi connectivity index (χ2n) is 10.1. The molecule has 0 aliphatic heterocycles. The minimum Gasteiger partial charge on any atom is -0.0839 e. The van der Waals surface area contributed by atoms with Crippen molar-refractivity contribution in [3.63, 3.8) is 0 Å². The summed E-state index contributed by atoms with van der Waals surface area (Å²) < 4.78 is 0. The third kappa shape index (κ3) is 2.51. The minimum absolute atomic E-state index is 0.373. The monoisotopic (exact) mass is 378 g/mol. The summed E-state index contributed by atoms with van der Waals surface area (Å²) in [4.78, 5) is 0. The Morgan fingerprint density at radius 3 is 2.66 bits per heavy atom. The first-order valence-electron chi connectivity index (χ1n) is 11.4. The van der Waals surface area contributed by atoms with Crippen molar-refractivity contribution >= 4 is 6.08 Å². The van der Waals surface area contributed by atoms with E-state index in [9.17, 15) is 0 Å². The normalized spacial score (nSPS) is 35.7. The maximum Gasteiger partial charge on any atom is 0.0133 e. The standard InChI is InChI=1S/C29H30/c1-29(2)27-14-8-7-13-24(27)25-16-15-20(18-28(25)29)26-17-19-9-3-4-10-21(19)22-11-5-6-12-23(22)26/h3-10,12-13,15-17,20,22,25,27-28H,11,14,18H2,1-2H3.